The van der Waals surface area contributed by atoms with Crippen molar-refractivity contribution in [3.8, 4) is 6.07 Å². The lowest BCUT2D eigenvalue weighted by Crippen LogP contribution is -1.77. The fourth-order valence-electron chi connectivity index (χ4n) is 0.748. The van der Waals surface area contributed by atoms with E-state index in [1.54, 1.807) is 0 Å². The Morgan fingerprint density at radius 2 is 2.31 bits per heavy atom. The maximum absolute atomic E-state index is 8.64. The lowest BCUT2D eigenvalue weighted by molar-refractivity contribution is 1.42. The van der Waals surface area contributed by atoms with Gasteiger partial charge >= 0.3 is 0 Å². The molecule has 0 aliphatic rings. The summed E-state index contributed by atoms with van der Waals surface area (Å²) in [6.45, 7) is 0. The minimum absolute atomic E-state index is 0.254. The first-order valence-corrected chi connectivity index (χ1v) is 4.30. The van der Waals surface area contributed by atoms with Gasteiger partial charge in [-0.3, -0.25) is 0 Å². The molecule has 0 spiro atoms. The number of hydrogen-bond acceptors (Lipinski definition) is 2. The smallest absolute Gasteiger partial charge is 0.100 e. The normalized spacial score (nSPS) is 8.69. The van der Waals surface area contributed by atoms with Crippen LogP contribution in [0.4, 0.5) is 5.69 Å². The molecule has 4 nitrogen and oxygen atoms in total. The number of azide groups is 1. The van der Waals surface area contributed by atoms with Gasteiger partial charge in [0.25, 0.3) is 0 Å². The molecule has 0 aromatic heterocycles. The van der Waals surface area contributed by atoms with Crippen LogP contribution in [0.5, 0.6) is 0 Å². The van der Waals surface area contributed by atoms with Gasteiger partial charge in [-0.15, -0.1) is 0 Å². The average molecular weight is 257 g/mol. The van der Waals surface area contributed by atoms with Crippen molar-refractivity contribution < 1.29 is 0 Å². The summed E-state index contributed by atoms with van der Waals surface area (Å²) in [5.74, 6) is 0. The van der Waals surface area contributed by atoms with Crippen molar-refractivity contribution in [1.82, 2.24) is 0 Å². The number of benzene rings is 1. The molecule has 0 fully saturated rings. The van der Waals surface area contributed by atoms with Gasteiger partial charge in [-0.2, -0.15) is 5.26 Å². The molecule has 0 bridgehead atoms. The summed E-state index contributed by atoms with van der Waals surface area (Å²) in [6.07, 6.45) is 0. The first-order valence-electron chi connectivity index (χ1n) is 3.13. The molecule has 1 aromatic rings. The van der Waals surface area contributed by atoms with Gasteiger partial charge in [0.05, 0.1) is 16.3 Å². The Morgan fingerprint density at radius 3 is 2.85 bits per heavy atom. The molecule has 6 heteroatoms. The molecule has 0 saturated carbocycles. The molecule has 0 saturated heterocycles. The van der Waals surface area contributed by atoms with Crippen LogP contribution in [0.25, 0.3) is 10.4 Å². The highest BCUT2D eigenvalue weighted by atomic mass is 79.9. The van der Waals surface area contributed by atoms with Crippen molar-refractivity contribution in [1.29, 1.82) is 5.26 Å². The molecule has 0 atom stereocenters. The molecule has 0 unspecified atom stereocenters. The Hall–Kier alpha value is -1.21. The number of nitriles is 1. The summed E-state index contributed by atoms with van der Waals surface area (Å²) in [4.78, 5) is 2.59. The first kappa shape index (κ1) is 9.87. The van der Waals surface area contributed by atoms with Crippen molar-refractivity contribution in [3.63, 3.8) is 0 Å². The Kier molecular flexibility index (Phi) is 3.15. The highest BCUT2D eigenvalue weighted by Gasteiger charge is 2.04. The maximum Gasteiger partial charge on any atom is 0.100 e. The van der Waals surface area contributed by atoms with Gasteiger partial charge in [-0.05, 0) is 33.6 Å². The highest BCUT2D eigenvalue weighted by Crippen LogP contribution is 2.31. The van der Waals surface area contributed by atoms with Crippen molar-refractivity contribution >= 4 is 33.2 Å². The second kappa shape index (κ2) is 4.15. The minimum atomic E-state index is 0.254. The molecule has 0 amide bonds. The molecule has 1 rings (SSSR count). The van der Waals surface area contributed by atoms with Crippen LogP contribution in [0.1, 0.15) is 5.56 Å². The Balaban J connectivity index is 3.40. The summed E-state index contributed by atoms with van der Waals surface area (Å²) in [7, 11) is 0. The van der Waals surface area contributed by atoms with Crippen molar-refractivity contribution in [2.24, 2.45) is 5.11 Å². The third kappa shape index (κ3) is 2.13. The van der Waals surface area contributed by atoms with Gasteiger partial charge in [0.15, 0.2) is 0 Å². The lowest BCUT2D eigenvalue weighted by atomic mass is 10.2. The zero-order valence-electron chi connectivity index (χ0n) is 6.20. The van der Waals surface area contributed by atoms with Gasteiger partial charge in [-0.1, -0.05) is 16.7 Å². The van der Waals surface area contributed by atoms with Crippen LogP contribution in [0, 0.1) is 11.3 Å². The summed E-state index contributed by atoms with van der Waals surface area (Å²) in [5.41, 5.74) is 8.82. The Bertz CT molecular complexity index is 431. The van der Waals surface area contributed by atoms with E-state index in [-0.39, 0.29) is 5.69 Å². The van der Waals surface area contributed by atoms with E-state index in [2.05, 4.69) is 26.0 Å². The monoisotopic (exact) mass is 256 g/mol. The molecular formula is C7H2BrClN4. The standard InChI is InChI=1S/C7H2BrClN4/c8-5-2-6(9)7(12-13-11)1-4(5)3-10/h1-2H. The number of rotatable bonds is 1. The van der Waals surface area contributed by atoms with E-state index in [0.717, 1.165) is 0 Å². The Morgan fingerprint density at radius 1 is 1.62 bits per heavy atom. The van der Waals surface area contributed by atoms with Crippen LogP contribution in [-0.2, 0) is 0 Å². The largest absolute Gasteiger partial charge is 0.192 e. The molecule has 1 aromatic carbocycles. The molecule has 0 heterocycles. The Labute approximate surface area is 87.5 Å². The van der Waals surface area contributed by atoms with Crippen molar-refractivity contribution in [2.45, 2.75) is 0 Å². The predicted octanol–water partition coefficient (Wildman–Crippen LogP) is 3.92. The quantitative estimate of drug-likeness (QED) is 0.427. The molecule has 0 N–H and O–H groups in total. The molecule has 0 aliphatic heterocycles. The second-order valence-corrected chi connectivity index (χ2v) is 3.35. The van der Waals surface area contributed by atoms with E-state index in [1.807, 2.05) is 6.07 Å². The molecule has 13 heavy (non-hydrogen) atoms. The fourth-order valence-corrected chi connectivity index (χ4v) is 1.51. The van der Waals surface area contributed by atoms with E-state index in [9.17, 15) is 0 Å². The first-order chi connectivity index (χ1) is 6.19. The third-order valence-corrected chi connectivity index (χ3v) is 2.27. The molecule has 64 valence electrons. The van der Waals surface area contributed by atoms with Gasteiger partial charge in [0.1, 0.15) is 6.07 Å². The summed E-state index contributed by atoms with van der Waals surface area (Å²) >= 11 is 8.88. The SMILES string of the molecule is N#Cc1cc(N=[N+]=[N-])c(Cl)cc1Br. The summed E-state index contributed by atoms with van der Waals surface area (Å²) in [6, 6.07) is 4.87. The number of halogens is 2. The van der Waals surface area contributed by atoms with Crippen LogP contribution < -0.4 is 0 Å². The van der Waals surface area contributed by atoms with E-state index in [0.29, 0.717) is 15.1 Å². The average Bonchev–Trinajstić information content (AvgIpc) is 2.10. The number of hydrogen-bond donors (Lipinski definition) is 0. The van der Waals surface area contributed by atoms with Crippen LogP contribution >= 0.6 is 27.5 Å². The van der Waals surface area contributed by atoms with Gasteiger partial charge in [0.2, 0.25) is 0 Å². The minimum Gasteiger partial charge on any atom is -0.192 e. The third-order valence-electron chi connectivity index (χ3n) is 1.31. The van der Waals surface area contributed by atoms with Crippen LogP contribution in [0.3, 0.4) is 0 Å². The van der Waals surface area contributed by atoms with Gasteiger partial charge in [0, 0.05) is 9.38 Å². The van der Waals surface area contributed by atoms with Crippen molar-refractivity contribution in [2.75, 3.05) is 0 Å². The highest BCUT2D eigenvalue weighted by molar-refractivity contribution is 9.10. The summed E-state index contributed by atoms with van der Waals surface area (Å²) < 4.78 is 0.580. The predicted molar refractivity (Wildman–Crippen MR) is 52.7 cm³/mol. The lowest BCUT2D eigenvalue weighted by Gasteiger charge is -1.99. The van der Waals surface area contributed by atoms with Crippen LogP contribution in [0.2, 0.25) is 5.02 Å². The van der Waals surface area contributed by atoms with E-state index in [1.165, 1.54) is 12.1 Å². The van der Waals surface area contributed by atoms with Gasteiger partial charge in [-0.25, -0.2) is 0 Å². The van der Waals surface area contributed by atoms with Crippen molar-refractivity contribution in [3.05, 3.63) is 37.6 Å². The zero-order valence-corrected chi connectivity index (χ0v) is 8.54. The van der Waals surface area contributed by atoms with E-state index < -0.39 is 0 Å². The fraction of sp³-hybridized carbons (Fsp3) is 0. The van der Waals surface area contributed by atoms with Crippen LogP contribution in [0.15, 0.2) is 21.7 Å². The molecule has 0 radical (unpaired) electrons. The second-order valence-electron chi connectivity index (χ2n) is 2.08. The van der Waals surface area contributed by atoms with Crippen LogP contribution in [-0.4, -0.2) is 0 Å². The van der Waals surface area contributed by atoms with Gasteiger partial charge < -0.3 is 0 Å². The van der Waals surface area contributed by atoms with E-state index in [4.69, 9.17) is 22.4 Å². The number of nitrogens with zero attached hydrogens (tertiary/aromatic N) is 4. The summed E-state index contributed by atoms with van der Waals surface area (Å²) in [5, 5.41) is 12.3. The molecular weight excluding hydrogens is 255 g/mol. The zero-order chi connectivity index (χ0) is 9.84. The topological polar surface area (TPSA) is 72.5 Å². The maximum atomic E-state index is 8.64. The van der Waals surface area contributed by atoms with E-state index >= 15 is 0 Å². The molecule has 0 aliphatic carbocycles.